The van der Waals surface area contributed by atoms with Crippen molar-refractivity contribution in [2.45, 2.75) is 50.6 Å². The first kappa shape index (κ1) is 16.9. The molecule has 23 heavy (non-hydrogen) atoms. The van der Waals surface area contributed by atoms with Gasteiger partial charge in [0.15, 0.2) is 11.6 Å². The summed E-state index contributed by atoms with van der Waals surface area (Å²) in [6, 6.07) is 0. The highest BCUT2D eigenvalue weighted by molar-refractivity contribution is 5.81. The summed E-state index contributed by atoms with van der Waals surface area (Å²) in [6.45, 7) is 4.54. The van der Waals surface area contributed by atoms with E-state index in [1.165, 1.54) is 13.2 Å². The molecule has 6 heteroatoms. The first-order valence-electron chi connectivity index (χ1n) is 8.38. The van der Waals surface area contributed by atoms with E-state index < -0.39 is 17.0 Å². The van der Waals surface area contributed by atoms with E-state index in [-0.39, 0.29) is 5.97 Å². The number of esters is 1. The zero-order chi connectivity index (χ0) is 16.4. The maximum atomic E-state index is 11.2. The number of ether oxygens (including phenoxy) is 5. The zero-order valence-electron chi connectivity index (χ0n) is 14.0. The molecule has 2 heterocycles. The van der Waals surface area contributed by atoms with E-state index in [4.69, 9.17) is 18.9 Å². The van der Waals surface area contributed by atoms with Gasteiger partial charge < -0.3 is 23.7 Å². The molecule has 6 nitrogen and oxygen atoms in total. The average molecular weight is 326 g/mol. The van der Waals surface area contributed by atoms with Crippen LogP contribution in [0.4, 0.5) is 0 Å². The predicted octanol–water partition coefficient (Wildman–Crippen LogP) is 2.17. The van der Waals surface area contributed by atoms with Gasteiger partial charge in [0, 0.05) is 18.9 Å². The van der Waals surface area contributed by atoms with E-state index in [0.29, 0.717) is 32.8 Å². The molecule has 1 saturated carbocycles. The topological polar surface area (TPSA) is 63.2 Å². The van der Waals surface area contributed by atoms with Crippen LogP contribution >= 0.6 is 0 Å². The van der Waals surface area contributed by atoms with Crippen LogP contribution < -0.4 is 0 Å². The van der Waals surface area contributed by atoms with Crippen LogP contribution in [0.2, 0.25) is 0 Å². The van der Waals surface area contributed by atoms with Crippen LogP contribution in [0.5, 0.6) is 0 Å². The molecule has 2 saturated heterocycles. The lowest BCUT2D eigenvalue weighted by Crippen LogP contribution is -2.64. The highest BCUT2D eigenvalue weighted by Crippen LogP contribution is 2.59. The summed E-state index contributed by atoms with van der Waals surface area (Å²) >= 11 is 0. The second-order valence-corrected chi connectivity index (χ2v) is 6.55. The smallest absolute Gasteiger partial charge is 0.330 e. The summed E-state index contributed by atoms with van der Waals surface area (Å²) in [7, 11) is 1.37. The van der Waals surface area contributed by atoms with Gasteiger partial charge in [0.2, 0.25) is 0 Å². The van der Waals surface area contributed by atoms with E-state index in [9.17, 15) is 4.79 Å². The second kappa shape index (κ2) is 6.51. The van der Waals surface area contributed by atoms with Gasteiger partial charge in [0.1, 0.15) is 0 Å². The van der Waals surface area contributed by atoms with Gasteiger partial charge in [0.05, 0.1) is 39.0 Å². The molecule has 0 amide bonds. The Labute approximate surface area is 137 Å². The quantitative estimate of drug-likeness (QED) is 0.583. The molecule has 1 aliphatic carbocycles. The van der Waals surface area contributed by atoms with Gasteiger partial charge in [-0.1, -0.05) is 6.08 Å². The van der Waals surface area contributed by atoms with Crippen LogP contribution in [0.25, 0.3) is 0 Å². The lowest BCUT2D eigenvalue weighted by atomic mass is 9.63. The maximum absolute atomic E-state index is 11.2. The largest absolute Gasteiger partial charge is 0.466 e. The molecule has 0 radical (unpaired) electrons. The lowest BCUT2D eigenvalue weighted by Gasteiger charge is -2.56. The van der Waals surface area contributed by atoms with Crippen LogP contribution in [0, 0.1) is 5.41 Å². The van der Waals surface area contributed by atoms with Gasteiger partial charge in [-0.25, -0.2) is 4.79 Å². The summed E-state index contributed by atoms with van der Waals surface area (Å²) in [6.07, 6.45) is 7.38. The number of carbonyl (C=O) groups is 1. The van der Waals surface area contributed by atoms with Gasteiger partial charge >= 0.3 is 5.97 Å². The van der Waals surface area contributed by atoms with Gasteiger partial charge in [-0.05, 0) is 26.2 Å². The Kier molecular flexibility index (Phi) is 4.78. The van der Waals surface area contributed by atoms with Crippen LogP contribution in [0.1, 0.15) is 39.0 Å². The van der Waals surface area contributed by atoms with Crippen LogP contribution in [0.15, 0.2) is 12.2 Å². The fourth-order valence-electron chi connectivity index (χ4n) is 4.23. The molecular weight excluding hydrogens is 300 g/mol. The van der Waals surface area contributed by atoms with Gasteiger partial charge in [-0.15, -0.1) is 0 Å². The van der Waals surface area contributed by atoms with Crippen molar-refractivity contribution in [3.8, 4) is 0 Å². The molecule has 130 valence electrons. The SMILES string of the molecule is COC(=O)/C=C\CCC1(C)C2(CCCC13OCCO3)OCCO2. The number of carbonyl (C=O) groups excluding carboxylic acids is 1. The van der Waals surface area contributed by atoms with Crippen molar-refractivity contribution in [2.24, 2.45) is 5.41 Å². The molecule has 3 fully saturated rings. The fourth-order valence-corrected chi connectivity index (χ4v) is 4.23. The zero-order valence-corrected chi connectivity index (χ0v) is 14.0. The third-order valence-electron chi connectivity index (χ3n) is 5.47. The molecule has 0 unspecified atom stereocenters. The van der Waals surface area contributed by atoms with E-state index in [2.05, 4.69) is 11.7 Å². The molecule has 0 atom stereocenters. The molecule has 2 spiro atoms. The molecule has 3 aliphatic rings. The Morgan fingerprint density at radius 2 is 1.57 bits per heavy atom. The Morgan fingerprint density at radius 1 is 1.04 bits per heavy atom. The number of hydrogen-bond donors (Lipinski definition) is 0. The third kappa shape index (κ3) is 2.71. The standard InChI is InChI=1S/C17H26O6/c1-15(7-4-3-6-14(18)19-2)16(20-10-11-21-16)8-5-9-17(15)22-12-13-23-17/h3,6H,4-5,7-13H2,1-2H3/b6-3-. The molecule has 0 aromatic carbocycles. The van der Waals surface area contributed by atoms with Crippen molar-refractivity contribution in [3.63, 3.8) is 0 Å². The highest BCUT2D eigenvalue weighted by atomic mass is 16.8. The van der Waals surface area contributed by atoms with Crippen molar-refractivity contribution in [1.29, 1.82) is 0 Å². The highest BCUT2D eigenvalue weighted by Gasteiger charge is 2.67. The number of allylic oxidation sites excluding steroid dienone is 1. The second-order valence-electron chi connectivity index (χ2n) is 6.55. The number of methoxy groups -OCH3 is 1. The minimum Gasteiger partial charge on any atom is -0.466 e. The van der Waals surface area contributed by atoms with Gasteiger partial charge in [0.25, 0.3) is 0 Å². The van der Waals surface area contributed by atoms with Crippen molar-refractivity contribution in [2.75, 3.05) is 33.5 Å². The predicted molar refractivity (Wildman–Crippen MR) is 81.6 cm³/mol. The maximum Gasteiger partial charge on any atom is 0.330 e. The summed E-state index contributed by atoms with van der Waals surface area (Å²) < 4.78 is 29.0. The number of hydrogen-bond acceptors (Lipinski definition) is 6. The first-order chi connectivity index (χ1) is 11.1. The number of rotatable bonds is 4. The molecule has 0 N–H and O–H groups in total. The van der Waals surface area contributed by atoms with E-state index in [1.807, 2.05) is 6.08 Å². The summed E-state index contributed by atoms with van der Waals surface area (Å²) in [5.41, 5.74) is -0.425. The van der Waals surface area contributed by atoms with E-state index in [1.54, 1.807) is 0 Å². The minimum absolute atomic E-state index is 0.343. The molecule has 0 bridgehead atoms. The summed E-state index contributed by atoms with van der Waals surface area (Å²) in [5, 5.41) is 0. The van der Waals surface area contributed by atoms with Crippen molar-refractivity contribution < 1.29 is 28.5 Å². The van der Waals surface area contributed by atoms with Crippen molar-refractivity contribution in [1.82, 2.24) is 0 Å². The normalized spacial score (nSPS) is 27.9. The van der Waals surface area contributed by atoms with Crippen molar-refractivity contribution >= 4 is 5.97 Å². The molecular formula is C17H26O6. The molecule has 3 rings (SSSR count). The van der Waals surface area contributed by atoms with Crippen LogP contribution in [-0.4, -0.2) is 51.1 Å². The summed E-state index contributed by atoms with van der Waals surface area (Å²) in [5.74, 6) is -1.66. The third-order valence-corrected chi connectivity index (χ3v) is 5.47. The lowest BCUT2D eigenvalue weighted by molar-refractivity contribution is -0.363. The van der Waals surface area contributed by atoms with Crippen molar-refractivity contribution in [3.05, 3.63) is 12.2 Å². The van der Waals surface area contributed by atoms with Gasteiger partial charge in [-0.3, -0.25) is 0 Å². The fraction of sp³-hybridized carbons (Fsp3) is 0.824. The van der Waals surface area contributed by atoms with Gasteiger partial charge in [-0.2, -0.15) is 0 Å². The van der Waals surface area contributed by atoms with Crippen LogP contribution in [-0.2, 0) is 28.5 Å². The molecule has 0 aromatic heterocycles. The first-order valence-corrected chi connectivity index (χ1v) is 8.38. The minimum atomic E-state index is -0.658. The van der Waals surface area contributed by atoms with Crippen LogP contribution in [0.3, 0.4) is 0 Å². The Hall–Kier alpha value is -0.950. The monoisotopic (exact) mass is 326 g/mol. The van der Waals surface area contributed by atoms with E-state index >= 15 is 0 Å². The Morgan fingerprint density at radius 3 is 2.04 bits per heavy atom. The summed E-state index contributed by atoms with van der Waals surface area (Å²) in [4.78, 5) is 11.2. The molecule has 2 aliphatic heterocycles. The average Bonchev–Trinajstić information content (AvgIpc) is 3.21. The van der Waals surface area contributed by atoms with E-state index in [0.717, 1.165) is 25.7 Å². The Balaban J connectivity index is 1.81. The Bertz CT molecular complexity index is 436. The molecule has 0 aromatic rings.